The van der Waals surface area contributed by atoms with Gasteiger partial charge in [0.2, 0.25) is 0 Å². The molecule has 3 nitrogen and oxygen atoms in total. The van der Waals surface area contributed by atoms with E-state index in [4.69, 9.17) is 0 Å². The first kappa shape index (κ1) is 11.9. The smallest absolute Gasteiger partial charge is 0.387 e. The number of alkyl halides is 2. The molecule has 17 heavy (non-hydrogen) atoms. The summed E-state index contributed by atoms with van der Waals surface area (Å²) in [4.78, 5) is 8.17. The van der Waals surface area contributed by atoms with Crippen LogP contribution in [0.25, 0.3) is 11.3 Å². The number of rotatable bonds is 3. The minimum absolute atomic E-state index is 0.119. The Balaban J connectivity index is 2.20. The molecule has 0 spiro atoms. The number of hydrogen-bond donors (Lipinski definition) is 0. The fourth-order valence-electron chi connectivity index (χ4n) is 1.27. The third kappa shape index (κ3) is 3.20. The SMILES string of the molecule is FC(F)Oc1ccc(-c2cnc(Br)cn2)cc1. The van der Waals surface area contributed by atoms with Crippen LogP contribution in [0.4, 0.5) is 8.78 Å². The molecular formula is C11H7BrF2N2O. The summed E-state index contributed by atoms with van der Waals surface area (Å²) in [5.74, 6) is 0.119. The van der Waals surface area contributed by atoms with Gasteiger partial charge in [0.15, 0.2) is 0 Å². The van der Waals surface area contributed by atoms with Gasteiger partial charge in [0, 0.05) is 5.56 Å². The van der Waals surface area contributed by atoms with Gasteiger partial charge in [-0.3, -0.25) is 4.98 Å². The average molecular weight is 301 g/mol. The highest BCUT2D eigenvalue weighted by atomic mass is 79.9. The van der Waals surface area contributed by atoms with Crippen LogP contribution in [-0.4, -0.2) is 16.6 Å². The summed E-state index contributed by atoms with van der Waals surface area (Å²) in [5, 5.41) is 0. The molecule has 0 amide bonds. The summed E-state index contributed by atoms with van der Waals surface area (Å²) in [5.41, 5.74) is 1.45. The van der Waals surface area contributed by atoms with E-state index in [1.54, 1.807) is 24.5 Å². The Morgan fingerprint density at radius 2 is 1.76 bits per heavy atom. The molecule has 88 valence electrons. The molecule has 0 radical (unpaired) electrons. The van der Waals surface area contributed by atoms with Crippen LogP contribution in [0.1, 0.15) is 0 Å². The summed E-state index contributed by atoms with van der Waals surface area (Å²) < 4.78 is 28.8. The van der Waals surface area contributed by atoms with Gasteiger partial charge in [0.25, 0.3) is 0 Å². The largest absolute Gasteiger partial charge is 0.435 e. The zero-order valence-electron chi connectivity index (χ0n) is 8.48. The van der Waals surface area contributed by atoms with Gasteiger partial charge in [0.05, 0.1) is 18.1 Å². The number of halogens is 3. The zero-order valence-corrected chi connectivity index (χ0v) is 10.1. The molecule has 0 aliphatic carbocycles. The quantitative estimate of drug-likeness (QED) is 0.870. The van der Waals surface area contributed by atoms with Crippen LogP contribution < -0.4 is 4.74 Å². The molecule has 0 N–H and O–H groups in total. The summed E-state index contributed by atoms with van der Waals surface area (Å²) in [6.45, 7) is -2.81. The molecule has 0 atom stereocenters. The van der Waals surface area contributed by atoms with Gasteiger partial charge < -0.3 is 4.74 Å². The molecule has 6 heteroatoms. The van der Waals surface area contributed by atoms with Crippen LogP contribution >= 0.6 is 15.9 Å². The van der Waals surface area contributed by atoms with Gasteiger partial charge >= 0.3 is 6.61 Å². The predicted octanol–water partition coefficient (Wildman–Crippen LogP) is 3.51. The van der Waals surface area contributed by atoms with E-state index in [-0.39, 0.29) is 5.75 Å². The third-order valence-electron chi connectivity index (χ3n) is 2.00. The number of ether oxygens (including phenoxy) is 1. The zero-order chi connectivity index (χ0) is 12.3. The molecule has 2 aromatic rings. The van der Waals surface area contributed by atoms with Gasteiger partial charge in [-0.05, 0) is 40.2 Å². The first-order valence-electron chi connectivity index (χ1n) is 4.68. The minimum Gasteiger partial charge on any atom is -0.435 e. The lowest BCUT2D eigenvalue weighted by molar-refractivity contribution is -0.0498. The monoisotopic (exact) mass is 300 g/mol. The third-order valence-corrected chi connectivity index (χ3v) is 2.41. The standard InChI is InChI=1S/C11H7BrF2N2O/c12-10-6-15-9(5-16-10)7-1-3-8(4-2-7)17-11(13)14/h1-6,11H. The molecule has 0 bridgehead atoms. The second kappa shape index (κ2) is 5.18. The lowest BCUT2D eigenvalue weighted by Crippen LogP contribution is -2.01. The molecule has 0 unspecified atom stereocenters. The van der Waals surface area contributed by atoms with Crippen molar-refractivity contribution in [3.05, 3.63) is 41.3 Å². The van der Waals surface area contributed by atoms with Crippen LogP contribution in [0, 0.1) is 0 Å². The highest BCUT2D eigenvalue weighted by molar-refractivity contribution is 9.10. The van der Waals surface area contributed by atoms with E-state index in [1.807, 2.05) is 0 Å². The topological polar surface area (TPSA) is 35.0 Å². The second-order valence-corrected chi connectivity index (χ2v) is 3.94. The van der Waals surface area contributed by atoms with E-state index in [1.165, 1.54) is 12.1 Å². The summed E-state index contributed by atoms with van der Waals surface area (Å²) in [6.07, 6.45) is 3.16. The Kier molecular flexibility index (Phi) is 3.63. The highest BCUT2D eigenvalue weighted by Crippen LogP contribution is 2.21. The van der Waals surface area contributed by atoms with Crippen molar-refractivity contribution in [2.45, 2.75) is 6.61 Å². The van der Waals surface area contributed by atoms with Crippen LogP contribution in [0.2, 0.25) is 0 Å². The molecule has 0 aliphatic heterocycles. The van der Waals surface area contributed by atoms with Crippen LogP contribution in [0.3, 0.4) is 0 Å². The maximum Gasteiger partial charge on any atom is 0.387 e. The van der Waals surface area contributed by atoms with E-state index in [0.29, 0.717) is 10.3 Å². The Morgan fingerprint density at radius 1 is 1.06 bits per heavy atom. The Hall–Kier alpha value is -1.56. The maximum absolute atomic E-state index is 11.9. The predicted molar refractivity (Wildman–Crippen MR) is 61.8 cm³/mol. The molecule has 1 heterocycles. The van der Waals surface area contributed by atoms with Crippen LogP contribution in [-0.2, 0) is 0 Å². The summed E-state index contributed by atoms with van der Waals surface area (Å²) >= 11 is 3.18. The van der Waals surface area contributed by atoms with Crippen LogP contribution in [0.15, 0.2) is 41.3 Å². The fraction of sp³-hybridized carbons (Fsp3) is 0.0909. The van der Waals surface area contributed by atoms with Crippen molar-refractivity contribution in [1.29, 1.82) is 0 Å². The Bertz CT molecular complexity index is 488. The fourth-order valence-corrected chi connectivity index (χ4v) is 1.47. The molecule has 1 aromatic carbocycles. The van der Waals surface area contributed by atoms with Gasteiger partial charge in [-0.25, -0.2) is 4.98 Å². The number of benzene rings is 1. The van der Waals surface area contributed by atoms with Gasteiger partial charge in [-0.2, -0.15) is 8.78 Å². The summed E-state index contributed by atoms with van der Waals surface area (Å²) in [7, 11) is 0. The van der Waals surface area contributed by atoms with E-state index < -0.39 is 6.61 Å². The van der Waals surface area contributed by atoms with Crippen molar-refractivity contribution >= 4 is 15.9 Å². The first-order chi connectivity index (χ1) is 8.15. The van der Waals surface area contributed by atoms with Gasteiger partial charge in [0.1, 0.15) is 10.4 Å². The average Bonchev–Trinajstić information content (AvgIpc) is 2.30. The van der Waals surface area contributed by atoms with E-state index in [2.05, 4.69) is 30.6 Å². The van der Waals surface area contributed by atoms with Crippen molar-refractivity contribution in [3.63, 3.8) is 0 Å². The molecular weight excluding hydrogens is 294 g/mol. The second-order valence-electron chi connectivity index (χ2n) is 3.13. The van der Waals surface area contributed by atoms with Crippen LogP contribution in [0.5, 0.6) is 5.75 Å². The molecule has 0 saturated carbocycles. The molecule has 0 saturated heterocycles. The summed E-state index contributed by atoms with van der Waals surface area (Å²) in [6, 6.07) is 6.22. The van der Waals surface area contributed by atoms with Crippen molar-refractivity contribution in [2.24, 2.45) is 0 Å². The Labute approximate surface area is 105 Å². The van der Waals surface area contributed by atoms with E-state index >= 15 is 0 Å². The van der Waals surface area contributed by atoms with Gasteiger partial charge in [-0.15, -0.1) is 0 Å². The highest BCUT2D eigenvalue weighted by Gasteiger charge is 2.05. The number of nitrogens with zero attached hydrogens (tertiary/aromatic N) is 2. The number of hydrogen-bond acceptors (Lipinski definition) is 3. The van der Waals surface area contributed by atoms with Crippen molar-refractivity contribution < 1.29 is 13.5 Å². The lowest BCUT2D eigenvalue weighted by Gasteiger charge is -2.05. The molecule has 2 rings (SSSR count). The normalized spacial score (nSPS) is 10.6. The Morgan fingerprint density at radius 3 is 2.29 bits per heavy atom. The molecule has 0 aliphatic rings. The molecule has 1 aromatic heterocycles. The lowest BCUT2D eigenvalue weighted by atomic mass is 10.1. The molecule has 0 fully saturated rings. The van der Waals surface area contributed by atoms with Crippen molar-refractivity contribution in [1.82, 2.24) is 9.97 Å². The number of aromatic nitrogens is 2. The van der Waals surface area contributed by atoms with Crippen molar-refractivity contribution in [2.75, 3.05) is 0 Å². The minimum atomic E-state index is -2.81. The first-order valence-corrected chi connectivity index (χ1v) is 5.47. The van der Waals surface area contributed by atoms with E-state index in [0.717, 1.165) is 5.56 Å². The van der Waals surface area contributed by atoms with Crippen molar-refractivity contribution in [3.8, 4) is 17.0 Å². The van der Waals surface area contributed by atoms with Gasteiger partial charge in [-0.1, -0.05) is 0 Å². The van der Waals surface area contributed by atoms with E-state index in [9.17, 15) is 8.78 Å². The maximum atomic E-state index is 11.9.